The van der Waals surface area contributed by atoms with Crippen LogP contribution in [-0.2, 0) is 11.4 Å². The van der Waals surface area contributed by atoms with E-state index in [4.69, 9.17) is 10.6 Å². The first-order valence-corrected chi connectivity index (χ1v) is 12.0. The van der Waals surface area contributed by atoms with Gasteiger partial charge in [0.2, 0.25) is 11.1 Å². The molecule has 2 aromatic carbocycles. The number of carbonyl (C=O) groups is 1. The molecular formula is C22H27N5O2S2. The number of nitrogen functional groups attached to an aromatic ring is 1. The molecule has 0 saturated carbocycles. The molecule has 7 nitrogen and oxygen atoms in total. The Morgan fingerprint density at radius 3 is 2.52 bits per heavy atom. The SMILES string of the molecule is CSc1ccccc1NC(=O)C(C)Sc1nnc(COc2ccc(C(C)C)cc2)n1N. The number of nitrogens with zero attached hydrogens (tertiary/aromatic N) is 3. The van der Waals surface area contributed by atoms with Crippen molar-refractivity contribution >= 4 is 35.1 Å². The molecular weight excluding hydrogens is 430 g/mol. The third kappa shape index (κ3) is 5.95. The fourth-order valence-corrected chi connectivity index (χ4v) is 4.12. The number of rotatable bonds is 9. The monoisotopic (exact) mass is 457 g/mol. The lowest BCUT2D eigenvalue weighted by molar-refractivity contribution is -0.115. The Labute approximate surface area is 191 Å². The summed E-state index contributed by atoms with van der Waals surface area (Å²) < 4.78 is 7.15. The van der Waals surface area contributed by atoms with Gasteiger partial charge in [0.05, 0.1) is 10.9 Å². The van der Waals surface area contributed by atoms with Crippen LogP contribution in [0, 0.1) is 0 Å². The van der Waals surface area contributed by atoms with Crippen molar-refractivity contribution in [2.45, 2.75) is 48.6 Å². The fourth-order valence-electron chi connectivity index (χ4n) is 2.78. The van der Waals surface area contributed by atoms with Crippen molar-refractivity contribution in [3.63, 3.8) is 0 Å². The molecule has 0 radical (unpaired) electrons. The molecule has 1 unspecified atom stereocenters. The maximum atomic E-state index is 12.6. The summed E-state index contributed by atoms with van der Waals surface area (Å²) in [5.74, 6) is 7.69. The van der Waals surface area contributed by atoms with Crippen molar-refractivity contribution in [1.29, 1.82) is 0 Å². The molecule has 1 atom stereocenters. The molecule has 3 N–H and O–H groups in total. The summed E-state index contributed by atoms with van der Waals surface area (Å²) in [6, 6.07) is 15.6. The normalized spacial score (nSPS) is 12.0. The standard InChI is InChI=1S/C22H27N5O2S2/c1-14(2)16-9-11-17(12-10-16)29-13-20-25-26-22(27(20)23)31-15(3)21(28)24-18-7-5-6-8-19(18)30-4/h5-12,14-15H,13,23H2,1-4H3,(H,24,28). The first-order chi connectivity index (χ1) is 14.9. The number of benzene rings is 2. The number of hydrogen-bond donors (Lipinski definition) is 2. The molecule has 0 aliphatic carbocycles. The van der Waals surface area contributed by atoms with Crippen molar-refractivity contribution in [2.24, 2.45) is 0 Å². The summed E-state index contributed by atoms with van der Waals surface area (Å²) in [7, 11) is 0. The topological polar surface area (TPSA) is 95.1 Å². The van der Waals surface area contributed by atoms with Gasteiger partial charge in [0.25, 0.3) is 0 Å². The van der Waals surface area contributed by atoms with Gasteiger partial charge in [-0.15, -0.1) is 22.0 Å². The highest BCUT2D eigenvalue weighted by atomic mass is 32.2. The number of carbonyl (C=O) groups excluding carboxylic acids is 1. The van der Waals surface area contributed by atoms with Crippen LogP contribution in [0.15, 0.2) is 58.6 Å². The maximum Gasteiger partial charge on any atom is 0.237 e. The van der Waals surface area contributed by atoms with Gasteiger partial charge < -0.3 is 15.9 Å². The van der Waals surface area contributed by atoms with Gasteiger partial charge in [-0.2, -0.15) is 0 Å². The van der Waals surface area contributed by atoms with E-state index in [1.165, 1.54) is 22.0 Å². The summed E-state index contributed by atoms with van der Waals surface area (Å²) in [6.45, 7) is 6.29. The molecule has 1 aromatic heterocycles. The highest BCUT2D eigenvalue weighted by Crippen LogP contribution is 2.27. The molecule has 164 valence electrons. The minimum Gasteiger partial charge on any atom is -0.486 e. The molecule has 0 spiro atoms. The molecule has 1 amide bonds. The second kappa shape index (κ2) is 10.6. The molecule has 0 aliphatic rings. The third-order valence-corrected chi connectivity index (χ3v) is 6.52. The smallest absolute Gasteiger partial charge is 0.237 e. The minimum atomic E-state index is -0.404. The van der Waals surface area contributed by atoms with E-state index in [1.54, 1.807) is 11.8 Å². The predicted molar refractivity (Wildman–Crippen MR) is 127 cm³/mol. The number of para-hydroxylation sites is 1. The molecule has 3 rings (SSSR count). The summed E-state index contributed by atoms with van der Waals surface area (Å²) in [5, 5.41) is 11.2. The molecule has 0 bridgehead atoms. The molecule has 0 aliphatic heterocycles. The number of thioether (sulfide) groups is 2. The molecule has 0 saturated heterocycles. The lowest BCUT2D eigenvalue weighted by Crippen LogP contribution is -2.24. The van der Waals surface area contributed by atoms with Gasteiger partial charge in [0.1, 0.15) is 12.4 Å². The van der Waals surface area contributed by atoms with Crippen LogP contribution in [-0.4, -0.2) is 32.3 Å². The summed E-state index contributed by atoms with van der Waals surface area (Å²) in [6.07, 6.45) is 1.97. The number of nitrogens with two attached hydrogens (primary N) is 1. The zero-order chi connectivity index (χ0) is 22.4. The molecule has 31 heavy (non-hydrogen) atoms. The van der Waals surface area contributed by atoms with Gasteiger partial charge >= 0.3 is 0 Å². The minimum absolute atomic E-state index is 0.127. The number of nitrogens with one attached hydrogen (secondary N) is 1. The first-order valence-electron chi connectivity index (χ1n) is 9.91. The van der Waals surface area contributed by atoms with Gasteiger partial charge in [-0.25, -0.2) is 4.68 Å². The van der Waals surface area contributed by atoms with E-state index < -0.39 is 5.25 Å². The highest BCUT2D eigenvalue weighted by Gasteiger charge is 2.20. The van der Waals surface area contributed by atoms with Crippen molar-refractivity contribution < 1.29 is 9.53 Å². The van der Waals surface area contributed by atoms with Gasteiger partial charge in [0, 0.05) is 4.90 Å². The summed E-state index contributed by atoms with van der Waals surface area (Å²) in [4.78, 5) is 13.6. The zero-order valence-corrected chi connectivity index (χ0v) is 19.7. The number of amides is 1. The number of hydrogen-bond acceptors (Lipinski definition) is 7. The van der Waals surface area contributed by atoms with E-state index in [2.05, 4.69) is 29.4 Å². The van der Waals surface area contributed by atoms with Gasteiger partial charge in [0.15, 0.2) is 5.82 Å². The maximum absolute atomic E-state index is 12.6. The second-order valence-electron chi connectivity index (χ2n) is 7.23. The van der Waals surface area contributed by atoms with Crippen LogP contribution in [0.5, 0.6) is 5.75 Å². The quantitative estimate of drug-likeness (QED) is 0.360. The molecule has 9 heteroatoms. The van der Waals surface area contributed by atoms with E-state index in [-0.39, 0.29) is 12.5 Å². The van der Waals surface area contributed by atoms with Crippen LogP contribution in [0.1, 0.15) is 38.1 Å². The van der Waals surface area contributed by atoms with Gasteiger partial charge in [-0.3, -0.25) is 4.79 Å². The van der Waals surface area contributed by atoms with Crippen molar-refractivity contribution in [3.05, 3.63) is 59.9 Å². The lowest BCUT2D eigenvalue weighted by atomic mass is 10.0. The van der Waals surface area contributed by atoms with E-state index in [9.17, 15) is 4.79 Å². The van der Waals surface area contributed by atoms with Gasteiger partial charge in [-0.05, 0) is 48.9 Å². The Morgan fingerprint density at radius 1 is 1.13 bits per heavy atom. The fraction of sp³-hybridized carbons (Fsp3) is 0.318. The zero-order valence-electron chi connectivity index (χ0n) is 18.0. The third-order valence-electron chi connectivity index (χ3n) is 4.67. The van der Waals surface area contributed by atoms with Crippen LogP contribution in [0.3, 0.4) is 0 Å². The first kappa shape index (κ1) is 23.0. The van der Waals surface area contributed by atoms with Gasteiger partial charge in [-0.1, -0.05) is 49.9 Å². The van der Waals surface area contributed by atoms with Crippen LogP contribution in [0.25, 0.3) is 0 Å². The van der Waals surface area contributed by atoms with Crippen LogP contribution in [0.2, 0.25) is 0 Å². The number of anilines is 1. The lowest BCUT2D eigenvalue weighted by Gasteiger charge is -2.13. The average Bonchev–Trinajstić information content (AvgIpc) is 3.12. The number of aromatic nitrogens is 3. The Hall–Kier alpha value is -2.65. The Balaban J connectivity index is 1.58. The summed E-state index contributed by atoms with van der Waals surface area (Å²) >= 11 is 2.83. The van der Waals surface area contributed by atoms with Crippen LogP contribution in [0.4, 0.5) is 5.69 Å². The molecule has 1 heterocycles. The molecule has 0 fully saturated rings. The van der Waals surface area contributed by atoms with E-state index >= 15 is 0 Å². The number of ether oxygens (including phenoxy) is 1. The molecule has 3 aromatic rings. The largest absolute Gasteiger partial charge is 0.486 e. The van der Waals surface area contributed by atoms with Crippen LogP contribution >= 0.6 is 23.5 Å². The summed E-state index contributed by atoms with van der Waals surface area (Å²) in [5.41, 5.74) is 2.04. The van der Waals surface area contributed by atoms with Crippen molar-refractivity contribution in [2.75, 3.05) is 17.4 Å². The Bertz CT molecular complexity index is 1020. The predicted octanol–water partition coefficient (Wildman–Crippen LogP) is 4.54. The van der Waals surface area contributed by atoms with Crippen LogP contribution < -0.4 is 15.9 Å². The van der Waals surface area contributed by atoms with Crippen molar-refractivity contribution in [1.82, 2.24) is 14.9 Å². The van der Waals surface area contributed by atoms with Crippen molar-refractivity contribution in [3.8, 4) is 5.75 Å². The highest BCUT2D eigenvalue weighted by molar-refractivity contribution is 8.00. The van der Waals surface area contributed by atoms with E-state index in [0.717, 1.165) is 16.3 Å². The Kier molecular flexibility index (Phi) is 7.86. The second-order valence-corrected chi connectivity index (χ2v) is 9.39. The Morgan fingerprint density at radius 2 is 1.84 bits per heavy atom. The van der Waals surface area contributed by atoms with E-state index in [0.29, 0.717) is 16.9 Å². The average molecular weight is 458 g/mol. The van der Waals surface area contributed by atoms with E-state index in [1.807, 2.05) is 61.7 Å².